The summed E-state index contributed by atoms with van der Waals surface area (Å²) in [6.45, 7) is 0.990. The molecule has 1 aliphatic heterocycles. The summed E-state index contributed by atoms with van der Waals surface area (Å²) in [5.41, 5.74) is -0.804. The van der Waals surface area contributed by atoms with Crippen LogP contribution < -0.4 is 5.32 Å². The van der Waals surface area contributed by atoms with E-state index in [0.29, 0.717) is 26.0 Å². The van der Waals surface area contributed by atoms with Gasteiger partial charge in [0.05, 0.1) is 12.7 Å². The number of nitrogens with zero attached hydrogens (tertiary/aromatic N) is 1. The fourth-order valence-electron chi connectivity index (χ4n) is 3.81. The van der Waals surface area contributed by atoms with Crippen molar-refractivity contribution >= 4 is 5.91 Å². The number of carbonyl (C=O) groups is 1. The minimum absolute atomic E-state index is 0.0794. The first-order chi connectivity index (χ1) is 10.2. The van der Waals surface area contributed by atoms with E-state index in [4.69, 9.17) is 9.47 Å². The van der Waals surface area contributed by atoms with Crippen molar-refractivity contribution in [1.82, 2.24) is 5.32 Å². The Labute approximate surface area is 126 Å². The maximum Gasteiger partial charge on any atom is 0.240 e. The second-order valence-corrected chi connectivity index (χ2v) is 6.63. The van der Waals surface area contributed by atoms with Gasteiger partial charge in [-0.25, -0.2) is 0 Å². The highest BCUT2D eigenvalue weighted by Gasteiger charge is 2.44. The number of amides is 1. The highest BCUT2D eigenvalue weighted by Crippen LogP contribution is 2.39. The number of carbonyl (C=O) groups excluding carboxylic acids is 1. The Morgan fingerprint density at radius 3 is 2.48 bits per heavy atom. The summed E-state index contributed by atoms with van der Waals surface area (Å²) in [4.78, 5) is 12.3. The maximum atomic E-state index is 12.3. The first-order valence-electron chi connectivity index (χ1n) is 8.19. The molecule has 1 spiro atoms. The summed E-state index contributed by atoms with van der Waals surface area (Å²) < 4.78 is 11.9. The molecule has 0 bridgehead atoms. The van der Waals surface area contributed by atoms with Crippen LogP contribution in [-0.4, -0.2) is 30.9 Å². The topological polar surface area (TPSA) is 71.4 Å². The molecular weight excluding hydrogens is 268 g/mol. The van der Waals surface area contributed by atoms with E-state index in [2.05, 4.69) is 11.4 Å². The third kappa shape index (κ3) is 2.93. The molecule has 116 valence electrons. The van der Waals surface area contributed by atoms with Gasteiger partial charge in [-0.15, -0.1) is 0 Å². The van der Waals surface area contributed by atoms with Gasteiger partial charge in [0, 0.05) is 19.4 Å². The van der Waals surface area contributed by atoms with E-state index in [0.717, 1.165) is 38.5 Å². The van der Waals surface area contributed by atoms with E-state index in [9.17, 15) is 10.1 Å². The van der Waals surface area contributed by atoms with Gasteiger partial charge in [-0.05, 0) is 25.7 Å². The third-order valence-electron chi connectivity index (χ3n) is 5.13. The van der Waals surface area contributed by atoms with Crippen molar-refractivity contribution in [3.05, 3.63) is 0 Å². The Kier molecular flexibility index (Phi) is 4.19. The number of hydrogen-bond acceptors (Lipinski definition) is 4. The molecule has 1 amide bonds. The van der Waals surface area contributed by atoms with Crippen molar-refractivity contribution in [3.8, 4) is 6.07 Å². The molecule has 2 aliphatic carbocycles. The van der Waals surface area contributed by atoms with Crippen molar-refractivity contribution in [2.24, 2.45) is 5.41 Å². The average molecular weight is 292 g/mol. The minimum Gasteiger partial charge on any atom is -0.352 e. The highest BCUT2D eigenvalue weighted by molar-refractivity contribution is 5.85. The normalized spacial score (nSPS) is 30.1. The summed E-state index contributed by atoms with van der Waals surface area (Å²) in [5.74, 6) is -0.524. The van der Waals surface area contributed by atoms with Crippen LogP contribution in [0.25, 0.3) is 0 Å². The summed E-state index contributed by atoms with van der Waals surface area (Å²) >= 11 is 0. The molecule has 5 heteroatoms. The Morgan fingerprint density at radius 2 is 1.81 bits per heavy atom. The molecule has 0 aromatic heterocycles. The van der Waals surface area contributed by atoms with E-state index < -0.39 is 11.2 Å². The molecule has 0 unspecified atom stereocenters. The Morgan fingerprint density at radius 1 is 1.14 bits per heavy atom. The van der Waals surface area contributed by atoms with Crippen LogP contribution in [0.2, 0.25) is 0 Å². The lowest BCUT2D eigenvalue weighted by Crippen LogP contribution is -2.43. The number of ether oxygens (including phenoxy) is 2. The lowest BCUT2D eigenvalue weighted by Gasteiger charge is -2.31. The Hall–Kier alpha value is -1.12. The minimum atomic E-state index is -0.804. The summed E-state index contributed by atoms with van der Waals surface area (Å²) in [6.07, 6.45) is 8.68. The first kappa shape index (κ1) is 14.8. The van der Waals surface area contributed by atoms with Gasteiger partial charge >= 0.3 is 0 Å². The predicted molar refractivity (Wildman–Crippen MR) is 76.2 cm³/mol. The number of hydrogen-bond donors (Lipinski definition) is 1. The lowest BCUT2D eigenvalue weighted by molar-refractivity contribution is -0.186. The molecule has 0 radical (unpaired) electrons. The maximum absolute atomic E-state index is 12.3. The average Bonchev–Trinajstić information content (AvgIpc) is 3.14. The molecule has 2 saturated carbocycles. The first-order valence-corrected chi connectivity index (χ1v) is 8.19. The fraction of sp³-hybridized carbons (Fsp3) is 0.875. The quantitative estimate of drug-likeness (QED) is 0.866. The molecule has 1 heterocycles. The van der Waals surface area contributed by atoms with Crippen LogP contribution in [0.4, 0.5) is 0 Å². The van der Waals surface area contributed by atoms with E-state index in [1.54, 1.807) is 0 Å². The zero-order valence-electron chi connectivity index (χ0n) is 12.5. The summed E-state index contributed by atoms with van der Waals surface area (Å²) in [7, 11) is 0. The number of rotatable bonds is 3. The fourth-order valence-corrected chi connectivity index (χ4v) is 3.81. The van der Waals surface area contributed by atoms with E-state index in [-0.39, 0.29) is 12.0 Å². The largest absolute Gasteiger partial charge is 0.352 e. The van der Waals surface area contributed by atoms with Gasteiger partial charge in [0.15, 0.2) is 5.79 Å². The van der Waals surface area contributed by atoms with Crippen LogP contribution in [0.5, 0.6) is 0 Å². The van der Waals surface area contributed by atoms with Crippen LogP contribution in [0.1, 0.15) is 57.8 Å². The van der Waals surface area contributed by atoms with Crippen LogP contribution in [0.3, 0.4) is 0 Å². The van der Waals surface area contributed by atoms with Gasteiger partial charge in [0.1, 0.15) is 11.5 Å². The van der Waals surface area contributed by atoms with Gasteiger partial charge in [-0.3, -0.25) is 4.79 Å². The van der Waals surface area contributed by atoms with Gasteiger partial charge in [-0.2, -0.15) is 5.26 Å². The molecule has 3 fully saturated rings. The van der Waals surface area contributed by atoms with Crippen LogP contribution in [0.15, 0.2) is 0 Å². The number of nitriles is 1. The second kappa shape index (κ2) is 5.94. The van der Waals surface area contributed by atoms with E-state index in [1.807, 2.05) is 0 Å². The summed E-state index contributed by atoms with van der Waals surface area (Å²) in [6, 6.07) is 2.23. The molecule has 0 aromatic carbocycles. The number of nitrogens with one attached hydrogen (secondary N) is 1. The van der Waals surface area contributed by atoms with Crippen LogP contribution in [-0.2, 0) is 14.3 Å². The Bertz CT molecular complexity index is 431. The molecule has 21 heavy (non-hydrogen) atoms. The predicted octanol–water partition coefficient (Wildman–Crippen LogP) is 2.26. The smallest absolute Gasteiger partial charge is 0.240 e. The molecule has 3 aliphatic rings. The zero-order chi connectivity index (χ0) is 14.8. The molecule has 0 aromatic rings. The van der Waals surface area contributed by atoms with Gasteiger partial charge in [-0.1, -0.05) is 19.3 Å². The summed E-state index contributed by atoms with van der Waals surface area (Å²) in [5, 5.41) is 12.2. The zero-order valence-corrected chi connectivity index (χ0v) is 12.5. The monoisotopic (exact) mass is 292 g/mol. The van der Waals surface area contributed by atoms with Gasteiger partial charge < -0.3 is 14.8 Å². The van der Waals surface area contributed by atoms with E-state index >= 15 is 0 Å². The third-order valence-corrected chi connectivity index (χ3v) is 5.13. The molecule has 5 nitrogen and oxygen atoms in total. The van der Waals surface area contributed by atoms with Crippen molar-refractivity contribution in [2.45, 2.75) is 69.7 Å². The van der Waals surface area contributed by atoms with Crippen molar-refractivity contribution < 1.29 is 14.3 Å². The van der Waals surface area contributed by atoms with Gasteiger partial charge in [0.2, 0.25) is 5.91 Å². The molecule has 1 saturated heterocycles. The Balaban J connectivity index is 1.50. The van der Waals surface area contributed by atoms with E-state index in [1.165, 1.54) is 6.42 Å². The van der Waals surface area contributed by atoms with Crippen LogP contribution >= 0.6 is 0 Å². The van der Waals surface area contributed by atoms with Crippen LogP contribution in [0, 0.1) is 16.7 Å². The van der Waals surface area contributed by atoms with Crippen molar-refractivity contribution in [1.29, 1.82) is 5.26 Å². The molecule has 3 rings (SSSR count). The van der Waals surface area contributed by atoms with Crippen molar-refractivity contribution in [2.75, 3.05) is 13.2 Å². The second-order valence-electron chi connectivity index (χ2n) is 6.63. The standard InChI is InChI=1S/C16H24N2O3/c17-12-15(6-4-5-7-15)14(19)18-10-13-11-20-16(21-13)8-2-1-3-9-16/h13H,1-11H2,(H,18,19)/t13-/m1/s1. The highest BCUT2D eigenvalue weighted by atomic mass is 16.7. The molecule has 1 N–H and O–H groups in total. The SMILES string of the molecule is N#CC1(C(=O)NC[C@@H]2COC3(CCCCC3)O2)CCCC1. The molecular formula is C16H24N2O3. The van der Waals surface area contributed by atoms with Gasteiger partial charge in [0.25, 0.3) is 0 Å². The lowest BCUT2D eigenvalue weighted by atomic mass is 9.87. The van der Waals surface area contributed by atoms with Crippen molar-refractivity contribution in [3.63, 3.8) is 0 Å². The molecule has 1 atom stereocenters.